The van der Waals surface area contributed by atoms with Crippen molar-refractivity contribution < 1.29 is 0 Å². The number of hydrogen-bond donors (Lipinski definition) is 0. The molecule has 1 radical (unpaired) electrons. The van der Waals surface area contributed by atoms with Crippen LogP contribution >= 0.6 is 0 Å². The highest BCUT2D eigenvalue weighted by Crippen LogP contribution is 2.23. The Morgan fingerprint density at radius 3 is 2.62 bits per heavy atom. The van der Waals surface area contributed by atoms with E-state index in [1.165, 1.54) is 64.5 Å². The lowest BCUT2D eigenvalue weighted by Gasteiger charge is -2.28. The molecule has 2 rings (SSSR count). The molecule has 1 nitrogen and oxygen atoms in total. The first kappa shape index (κ1) is 9.51. The summed E-state index contributed by atoms with van der Waals surface area (Å²) in [6, 6.07) is 0.905. The van der Waals surface area contributed by atoms with Crippen molar-refractivity contribution in [2.75, 3.05) is 13.1 Å². The van der Waals surface area contributed by atoms with E-state index in [-0.39, 0.29) is 0 Å². The minimum atomic E-state index is 0.905. The first-order valence-electron chi connectivity index (χ1n) is 6.02. The molecule has 0 N–H and O–H groups in total. The minimum absolute atomic E-state index is 0.905. The van der Waals surface area contributed by atoms with E-state index in [2.05, 4.69) is 11.3 Å². The Morgan fingerprint density at radius 2 is 1.77 bits per heavy atom. The summed E-state index contributed by atoms with van der Waals surface area (Å²) in [6.07, 6.45) is 14.0. The summed E-state index contributed by atoms with van der Waals surface area (Å²) < 4.78 is 0. The van der Waals surface area contributed by atoms with Crippen LogP contribution in [0, 0.1) is 6.42 Å². The van der Waals surface area contributed by atoms with Gasteiger partial charge >= 0.3 is 0 Å². The highest BCUT2D eigenvalue weighted by Gasteiger charge is 2.21. The third kappa shape index (κ3) is 2.70. The molecule has 13 heavy (non-hydrogen) atoms. The van der Waals surface area contributed by atoms with Gasteiger partial charge in [-0.05, 0) is 45.2 Å². The smallest absolute Gasteiger partial charge is 0.00979 e. The van der Waals surface area contributed by atoms with Gasteiger partial charge in [-0.15, -0.1) is 0 Å². The van der Waals surface area contributed by atoms with Crippen LogP contribution < -0.4 is 0 Å². The number of hydrogen-bond acceptors (Lipinski definition) is 1. The topological polar surface area (TPSA) is 3.24 Å². The maximum absolute atomic E-state index is 2.72. The van der Waals surface area contributed by atoms with Gasteiger partial charge in [-0.2, -0.15) is 0 Å². The molecule has 0 amide bonds. The zero-order valence-electron chi connectivity index (χ0n) is 8.67. The van der Waals surface area contributed by atoms with Gasteiger partial charge in [-0.1, -0.05) is 25.7 Å². The molecule has 75 valence electrons. The molecule has 1 saturated heterocycles. The first-order valence-corrected chi connectivity index (χ1v) is 6.02. The number of likely N-dealkylation sites (tertiary alicyclic amines) is 1. The summed E-state index contributed by atoms with van der Waals surface area (Å²) in [5.41, 5.74) is 0. The second-order valence-electron chi connectivity index (χ2n) is 4.56. The van der Waals surface area contributed by atoms with Crippen molar-refractivity contribution in [3.8, 4) is 0 Å². The van der Waals surface area contributed by atoms with E-state index in [0.29, 0.717) is 0 Å². The quantitative estimate of drug-likeness (QED) is 0.599. The average Bonchev–Trinajstić information content (AvgIpc) is 2.55. The second-order valence-corrected chi connectivity index (χ2v) is 4.56. The third-order valence-corrected chi connectivity index (χ3v) is 3.54. The molecule has 1 aliphatic heterocycles. The molecular weight excluding hydrogens is 158 g/mol. The van der Waals surface area contributed by atoms with Gasteiger partial charge in [-0.3, -0.25) is 0 Å². The van der Waals surface area contributed by atoms with E-state index in [1.54, 1.807) is 0 Å². The van der Waals surface area contributed by atoms with E-state index in [1.807, 2.05) is 0 Å². The third-order valence-electron chi connectivity index (χ3n) is 3.54. The van der Waals surface area contributed by atoms with Gasteiger partial charge in [0.1, 0.15) is 0 Å². The molecule has 0 aromatic rings. The van der Waals surface area contributed by atoms with E-state index in [0.717, 1.165) is 6.04 Å². The molecule has 1 heteroatoms. The Kier molecular flexibility index (Phi) is 3.65. The van der Waals surface area contributed by atoms with E-state index in [9.17, 15) is 0 Å². The molecule has 0 bridgehead atoms. The van der Waals surface area contributed by atoms with Gasteiger partial charge in [0, 0.05) is 6.04 Å². The lowest BCUT2D eigenvalue weighted by atomic mass is 9.96. The van der Waals surface area contributed by atoms with Crippen molar-refractivity contribution in [3.63, 3.8) is 0 Å². The fraction of sp³-hybridized carbons (Fsp3) is 0.917. The van der Waals surface area contributed by atoms with Crippen LogP contribution in [0.25, 0.3) is 0 Å². The summed E-state index contributed by atoms with van der Waals surface area (Å²) in [5.74, 6) is 0. The molecule has 1 atom stereocenters. The van der Waals surface area contributed by atoms with Crippen molar-refractivity contribution in [3.05, 3.63) is 6.42 Å². The molecule has 0 aromatic carbocycles. The van der Waals surface area contributed by atoms with Crippen LogP contribution in [0.5, 0.6) is 0 Å². The Morgan fingerprint density at radius 1 is 0.923 bits per heavy atom. The highest BCUT2D eigenvalue weighted by molar-refractivity contribution is 4.83. The normalized spacial score (nSPS) is 28.6. The molecule has 1 unspecified atom stereocenters. The number of rotatable bonds is 1. The monoisotopic (exact) mass is 180 g/mol. The van der Waals surface area contributed by atoms with Crippen LogP contribution in [0.15, 0.2) is 0 Å². The molecule has 1 saturated carbocycles. The molecule has 0 aromatic heterocycles. The Labute approximate surface area is 82.5 Å². The van der Waals surface area contributed by atoms with Crippen molar-refractivity contribution in [2.45, 2.75) is 57.4 Å². The van der Waals surface area contributed by atoms with E-state index >= 15 is 0 Å². The predicted octanol–water partition coefficient (Wildman–Crippen LogP) is 3.01. The van der Waals surface area contributed by atoms with Crippen molar-refractivity contribution >= 4 is 0 Å². The largest absolute Gasteiger partial charge is 0.300 e. The van der Waals surface area contributed by atoms with E-state index < -0.39 is 0 Å². The van der Waals surface area contributed by atoms with Crippen molar-refractivity contribution in [1.29, 1.82) is 0 Å². The van der Waals surface area contributed by atoms with Gasteiger partial charge in [0.05, 0.1) is 0 Å². The molecule has 2 aliphatic rings. The zero-order valence-corrected chi connectivity index (χ0v) is 8.67. The molecule has 2 fully saturated rings. The molecular formula is C12H22N. The van der Waals surface area contributed by atoms with Crippen LogP contribution in [0.3, 0.4) is 0 Å². The minimum Gasteiger partial charge on any atom is -0.300 e. The number of nitrogens with zero attached hydrogens (tertiary/aromatic N) is 1. The summed E-state index contributed by atoms with van der Waals surface area (Å²) in [7, 11) is 0. The van der Waals surface area contributed by atoms with E-state index in [4.69, 9.17) is 0 Å². The van der Waals surface area contributed by atoms with Crippen molar-refractivity contribution in [2.24, 2.45) is 0 Å². The van der Waals surface area contributed by atoms with Gasteiger partial charge < -0.3 is 4.90 Å². The Balaban J connectivity index is 1.80. The SMILES string of the molecule is [CH]1CCCCCC(N2CCCC2)C1. The van der Waals surface area contributed by atoms with Gasteiger partial charge in [0.25, 0.3) is 0 Å². The maximum atomic E-state index is 2.72. The van der Waals surface area contributed by atoms with Crippen LogP contribution in [-0.2, 0) is 0 Å². The highest BCUT2D eigenvalue weighted by atomic mass is 15.2. The standard InChI is InChI=1S/C12H22N/c1-2-4-8-12(9-5-3-1)13-10-6-7-11-13/h4,12H,1-3,5-11H2. The summed E-state index contributed by atoms with van der Waals surface area (Å²) in [4.78, 5) is 2.72. The summed E-state index contributed by atoms with van der Waals surface area (Å²) in [6.45, 7) is 2.75. The van der Waals surface area contributed by atoms with Crippen molar-refractivity contribution in [1.82, 2.24) is 4.90 Å². The fourth-order valence-corrected chi connectivity index (χ4v) is 2.71. The van der Waals surface area contributed by atoms with Crippen LogP contribution in [-0.4, -0.2) is 24.0 Å². The lowest BCUT2D eigenvalue weighted by Crippen LogP contribution is -2.33. The molecule has 1 heterocycles. The van der Waals surface area contributed by atoms with Gasteiger partial charge in [-0.25, -0.2) is 0 Å². The van der Waals surface area contributed by atoms with Gasteiger partial charge in [0.15, 0.2) is 0 Å². The lowest BCUT2D eigenvalue weighted by molar-refractivity contribution is 0.217. The zero-order chi connectivity index (χ0) is 8.93. The van der Waals surface area contributed by atoms with Crippen LogP contribution in [0.4, 0.5) is 0 Å². The fourth-order valence-electron chi connectivity index (χ4n) is 2.71. The molecule has 0 spiro atoms. The Hall–Kier alpha value is -0.0400. The predicted molar refractivity (Wildman–Crippen MR) is 56.6 cm³/mol. The summed E-state index contributed by atoms with van der Waals surface area (Å²) >= 11 is 0. The first-order chi connectivity index (χ1) is 6.47. The summed E-state index contributed by atoms with van der Waals surface area (Å²) in [5, 5.41) is 0. The molecule has 1 aliphatic carbocycles. The van der Waals surface area contributed by atoms with Gasteiger partial charge in [0.2, 0.25) is 0 Å². The van der Waals surface area contributed by atoms with Crippen LogP contribution in [0.2, 0.25) is 0 Å². The van der Waals surface area contributed by atoms with Crippen LogP contribution in [0.1, 0.15) is 51.4 Å². The Bertz CT molecular complexity index is 130. The second kappa shape index (κ2) is 4.99. The average molecular weight is 180 g/mol. The maximum Gasteiger partial charge on any atom is 0.00979 e.